The Kier molecular flexibility index (Phi) is 9.20. The number of piperidine rings is 1. The molecule has 1 atom stereocenters. The molecule has 0 aromatic carbocycles. The van der Waals surface area contributed by atoms with Crippen molar-refractivity contribution in [3.8, 4) is 0 Å². The summed E-state index contributed by atoms with van der Waals surface area (Å²) in [4.78, 5) is 15.3. The Morgan fingerprint density at radius 3 is 2.56 bits per heavy atom. The summed E-state index contributed by atoms with van der Waals surface area (Å²) in [6, 6.07) is 0. The molecule has 2 aromatic rings. The number of ether oxygens (including phenoxy) is 1. The standard InChI is InChI=1S/C22H29F3N4O4S.C2H6/c1-27(2)20(32)17(31)12-29-11-14(9-26-29)10-28-6-4-21(5-7-28)18-15(3-8-33-21)16(13-30)19(34-18)22(23,24)25;1-2/h9,11,17,30-31H,3-8,10,12-13H2,1-2H3;1-2H3. The predicted molar refractivity (Wildman–Crippen MR) is 129 cm³/mol. The molecule has 1 spiro atoms. The SMILES string of the molecule is CC.CN(C)C(=O)C(O)Cn1cc(CN2CCC3(CC2)OCCc2c3sc(C(F)(F)F)c2CO)cn1. The molecule has 4 rings (SSSR count). The molecule has 36 heavy (non-hydrogen) atoms. The maximum atomic E-state index is 13.6. The third-order valence-electron chi connectivity index (χ3n) is 6.52. The molecule has 0 bridgehead atoms. The van der Waals surface area contributed by atoms with Crippen LogP contribution in [0, 0.1) is 0 Å². The van der Waals surface area contributed by atoms with E-state index in [2.05, 4.69) is 10.00 Å². The van der Waals surface area contributed by atoms with Gasteiger partial charge in [-0.25, -0.2) is 0 Å². The summed E-state index contributed by atoms with van der Waals surface area (Å²) in [6.45, 7) is 5.65. The van der Waals surface area contributed by atoms with Crippen LogP contribution in [-0.2, 0) is 47.4 Å². The smallest absolute Gasteiger partial charge is 0.392 e. The Bertz CT molecular complexity index is 1030. The Hall–Kier alpha value is -1.99. The largest absolute Gasteiger partial charge is 0.425 e. The molecule has 8 nitrogen and oxygen atoms in total. The first-order chi connectivity index (χ1) is 17.0. The highest BCUT2D eigenvalue weighted by molar-refractivity contribution is 7.12. The molecule has 2 aliphatic rings. The van der Waals surface area contributed by atoms with E-state index in [1.807, 2.05) is 13.8 Å². The second-order valence-electron chi connectivity index (χ2n) is 9.06. The number of halogens is 3. The summed E-state index contributed by atoms with van der Waals surface area (Å²) in [5, 5.41) is 23.9. The van der Waals surface area contributed by atoms with Gasteiger partial charge in [0.05, 0.1) is 26.0 Å². The first-order valence-corrected chi connectivity index (χ1v) is 13.0. The van der Waals surface area contributed by atoms with Gasteiger partial charge in [-0.15, -0.1) is 11.3 Å². The molecule has 1 fully saturated rings. The van der Waals surface area contributed by atoms with Gasteiger partial charge in [0.2, 0.25) is 0 Å². The number of likely N-dealkylation sites (tertiary alicyclic amines) is 1. The Balaban J connectivity index is 0.00000176. The molecule has 1 saturated heterocycles. The van der Waals surface area contributed by atoms with Crippen molar-refractivity contribution in [1.29, 1.82) is 0 Å². The van der Waals surface area contributed by atoms with E-state index in [0.29, 0.717) is 55.9 Å². The zero-order chi connectivity index (χ0) is 26.7. The minimum absolute atomic E-state index is 0.0000420. The van der Waals surface area contributed by atoms with Gasteiger partial charge in [-0.3, -0.25) is 14.4 Å². The van der Waals surface area contributed by atoms with Crippen LogP contribution < -0.4 is 0 Å². The predicted octanol–water partition coefficient (Wildman–Crippen LogP) is 3.00. The fourth-order valence-corrected chi connectivity index (χ4v) is 6.21. The summed E-state index contributed by atoms with van der Waals surface area (Å²) in [7, 11) is 3.15. The van der Waals surface area contributed by atoms with Gasteiger partial charge in [0.1, 0.15) is 10.5 Å². The van der Waals surface area contributed by atoms with Gasteiger partial charge in [-0.1, -0.05) is 13.8 Å². The number of aromatic nitrogens is 2. The highest BCUT2D eigenvalue weighted by Gasteiger charge is 2.47. The lowest BCUT2D eigenvalue weighted by Crippen LogP contribution is -2.45. The van der Waals surface area contributed by atoms with Crippen LogP contribution >= 0.6 is 11.3 Å². The number of fused-ring (bicyclic) bond motifs is 2. The van der Waals surface area contributed by atoms with Crippen LogP contribution in [0.5, 0.6) is 0 Å². The Labute approximate surface area is 213 Å². The van der Waals surface area contributed by atoms with Gasteiger partial charge >= 0.3 is 6.18 Å². The number of nitrogens with zero attached hydrogens (tertiary/aromatic N) is 4. The van der Waals surface area contributed by atoms with Crippen molar-refractivity contribution in [2.24, 2.45) is 0 Å². The molecule has 0 radical (unpaired) electrons. The maximum Gasteiger partial charge on any atom is 0.425 e. The lowest BCUT2D eigenvalue weighted by molar-refractivity contribution is -0.138. The van der Waals surface area contributed by atoms with Crippen molar-refractivity contribution in [2.45, 2.75) is 70.7 Å². The van der Waals surface area contributed by atoms with Crippen molar-refractivity contribution in [3.05, 3.63) is 38.8 Å². The van der Waals surface area contributed by atoms with Crippen molar-refractivity contribution >= 4 is 17.2 Å². The first-order valence-electron chi connectivity index (χ1n) is 12.1. The third-order valence-corrected chi connectivity index (χ3v) is 8.02. The molecule has 12 heteroatoms. The molecule has 4 heterocycles. The molecular formula is C24H35F3N4O4S. The molecule has 0 aliphatic carbocycles. The lowest BCUT2D eigenvalue weighted by atomic mass is 9.84. The van der Waals surface area contributed by atoms with Crippen molar-refractivity contribution in [3.63, 3.8) is 0 Å². The van der Waals surface area contributed by atoms with E-state index in [1.165, 1.54) is 9.58 Å². The normalized spacial score (nSPS) is 18.4. The molecule has 1 amide bonds. The van der Waals surface area contributed by atoms with Crippen LogP contribution in [0.15, 0.2) is 12.4 Å². The van der Waals surface area contributed by atoms with Crippen molar-refractivity contribution in [2.75, 3.05) is 33.8 Å². The van der Waals surface area contributed by atoms with E-state index < -0.39 is 35.3 Å². The molecule has 2 N–H and O–H groups in total. The van der Waals surface area contributed by atoms with Gasteiger partial charge in [0, 0.05) is 55.9 Å². The fourth-order valence-electron chi connectivity index (χ4n) is 4.79. The number of likely N-dealkylation sites (N-methyl/N-ethyl adjacent to an activating group) is 1. The summed E-state index contributed by atoms with van der Waals surface area (Å²) in [5.41, 5.74) is 0.776. The van der Waals surface area contributed by atoms with Gasteiger partial charge in [0.25, 0.3) is 5.91 Å². The summed E-state index contributed by atoms with van der Waals surface area (Å²) in [6.07, 6.45) is -0.688. The van der Waals surface area contributed by atoms with E-state index in [1.54, 1.807) is 26.5 Å². The highest BCUT2D eigenvalue weighted by Crippen LogP contribution is 2.50. The first kappa shape index (κ1) is 28.6. The number of rotatable bonds is 6. The van der Waals surface area contributed by atoms with Gasteiger partial charge in [0.15, 0.2) is 6.10 Å². The van der Waals surface area contributed by atoms with E-state index >= 15 is 0 Å². The van der Waals surface area contributed by atoms with Gasteiger partial charge < -0.3 is 19.8 Å². The maximum absolute atomic E-state index is 13.6. The molecule has 0 saturated carbocycles. The minimum Gasteiger partial charge on any atom is -0.392 e. The Morgan fingerprint density at radius 2 is 1.97 bits per heavy atom. The van der Waals surface area contributed by atoms with Crippen LogP contribution in [0.4, 0.5) is 13.2 Å². The number of carbonyl (C=O) groups excluding carboxylic acids is 1. The number of alkyl halides is 3. The second-order valence-corrected chi connectivity index (χ2v) is 10.1. The minimum atomic E-state index is -4.49. The number of hydrogen-bond acceptors (Lipinski definition) is 7. The number of thiophene rings is 1. The summed E-state index contributed by atoms with van der Waals surface area (Å²) >= 11 is 0.721. The topological polar surface area (TPSA) is 91.1 Å². The molecule has 2 aliphatic heterocycles. The number of hydrogen-bond donors (Lipinski definition) is 2. The number of aliphatic hydroxyl groups excluding tert-OH is 2. The van der Waals surface area contributed by atoms with Crippen molar-refractivity contribution < 1.29 is 32.9 Å². The lowest BCUT2D eigenvalue weighted by Gasteiger charge is -2.43. The third kappa shape index (κ3) is 5.94. The van der Waals surface area contributed by atoms with E-state index in [4.69, 9.17) is 4.74 Å². The quantitative estimate of drug-likeness (QED) is 0.595. The van der Waals surface area contributed by atoms with Gasteiger partial charge in [-0.05, 0) is 24.8 Å². The van der Waals surface area contributed by atoms with Crippen molar-refractivity contribution in [1.82, 2.24) is 19.6 Å². The summed E-state index contributed by atoms with van der Waals surface area (Å²) < 4.78 is 48.3. The monoisotopic (exact) mass is 532 g/mol. The van der Waals surface area contributed by atoms with Crippen LogP contribution in [0.25, 0.3) is 0 Å². The van der Waals surface area contributed by atoms with E-state index in [9.17, 15) is 28.2 Å². The molecule has 1 unspecified atom stereocenters. The van der Waals surface area contributed by atoms with Crippen LogP contribution in [0.2, 0.25) is 0 Å². The second kappa shape index (κ2) is 11.6. The van der Waals surface area contributed by atoms with Gasteiger partial charge in [-0.2, -0.15) is 18.3 Å². The highest BCUT2D eigenvalue weighted by atomic mass is 32.1. The zero-order valence-electron chi connectivity index (χ0n) is 21.1. The zero-order valence-corrected chi connectivity index (χ0v) is 22.0. The molecule has 2 aromatic heterocycles. The molecular weight excluding hydrogens is 497 g/mol. The summed E-state index contributed by atoms with van der Waals surface area (Å²) in [5.74, 6) is -0.392. The number of carbonyl (C=O) groups is 1. The number of aliphatic hydroxyl groups is 2. The van der Waals surface area contributed by atoms with E-state index in [-0.39, 0.29) is 12.1 Å². The Morgan fingerprint density at radius 1 is 1.31 bits per heavy atom. The average Bonchev–Trinajstić information content (AvgIpc) is 3.46. The van der Waals surface area contributed by atoms with Crippen LogP contribution in [0.1, 0.15) is 53.1 Å². The number of amides is 1. The van der Waals surface area contributed by atoms with E-state index in [0.717, 1.165) is 16.9 Å². The van der Waals surface area contributed by atoms with Crippen LogP contribution in [0.3, 0.4) is 0 Å². The average molecular weight is 533 g/mol. The molecule has 202 valence electrons. The fraction of sp³-hybridized carbons (Fsp3) is 0.667. The van der Waals surface area contributed by atoms with Crippen LogP contribution in [-0.4, -0.2) is 75.6 Å².